The SMILES string of the molecule is O=C(NS(=O)(=O)c1ccc(NCC2(F)CCC(O)CC2)c([N+](=O)[O-])c1)c1ccc(C2=CCC(N3CCCC3c3ccccc3C3CC3)CC2)cc1Oc1cnc2[nH]ccc2c1.O=C(NS(=O)(=O)c1ccc(NCC2(F)CCC(O)CC2)c([N+](=O)[O-])c1)c1ccc(C2=CCC(N3CCCC3c3ccccc3C3CC3)CC2)cc1Oc1cnc2[nH]ccc2c1. The molecule has 4 aromatic heterocycles. The molecule has 4 saturated carbocycles. The van der Waals surface area contributed by atoms with E-state index in [9.17, 15) is 56.9 Å². The van der Waals surface area contributed by atoms with Gasteiger partial charge in [0.25, 0.3) is 43.2 Å². The van der Waals surface area contributed by atoms with Crippen LogP contribution >= 0.6 is 0 Å². The Morgan fingerprint density at radius 1 is 0.508 bits per heavy atom. The number of rotatable bonds is 26. The van der Waals surface area contributed by atoms with Crippen molar-refractivity contribution in [3.8, 4) is 23.0 Å². The summed E-state index contributed by atoms with van der Waals surface area (Å²) in [5.74, 6) is 0.290. The maximum atomic E-state index is 15.4. The third-order valence-corrected chi connectivity index (χ3v) is 28.4. The number of ether oxygens (including phenoxy) is 2. The fourth-order valence-corrected chi connectivity index (χ4v) is 20.7. The number of nitro groups is 2. The lowest BCUT2D eigenvalue weighted by Gasteiger charge is -2.36. The number of hydrogen-bond donors (Lipinski definition) is 8. The molecule has 4 unspecified atom stereocenters. The van der Waals surface area contributed by atoms with Crippen LogP contribution in [0.2, 0.25) is 0 Å². The average molecular weight is 1700 g/mol. The summed E-state index contributed by atoms with van der Waals surface area (Å²) in [5, 5.41) is 50.8. The molecule has 2 saturated heterocycles. The number of sulfonamides is 2. The number of likely N-dealkylation sites (tertiary alicyclic amines) is 2. The number of carbonyl (C=O) groups is 2. The summed E-state index contributed by atoms with van der Waals surface area (Å²) in [5.41, 5.74) is 6.38. The zero-order valence-electron chi connectivity index (χ0n) is 67.4. The monoisotopic (exact) mass is 1700 g/mol. The zero-order chi connectivity index (χ0) is 84.6. The molecule has 0 bridgehead atoms. The number of carbonyl (C=O) groups excluding carboxylic acids is 2. The van der Waals surface area contributed by atoms with Crippen molar-refractivity contribution in [1.29, 1.82) is 0 Å². The number of fused-ring (bicyclic) bond motifs is 2. The number of halogens is 2. The van der Waals surface area contributed by atoms with Crippen LogP contribution in [0.3, 0.4) is 0 Å². The number of allylic oxidation sites excluding steroid dienone is 2. The highest BCUT2D eigenvalue weighted by Crippen LogP contribution is 2.50. The van der Waals surface area contributed by atoms with Gasteiger partial charge in [0.05, 0.1) is 55.4 Å². The molecule has 8 aliphatic rings. The number of benzene rings is 6. The standard InChI is InChI=1S/2C46H49FN6O7S/c2*47-46(20-17-34(54)18-21-46)28-50-40-16-14-36(26-42(40)53(56)57)61(58,59)51-45(55)39-15-11-31(25-43(39)60-35-24-32-19-22-48-44(32)49-27-35)29-9-12-33(13-10-29)52-23-3-6-41(52)38-5-2-1-4-37(38)30-7-8-30/h2*1-2,4-5,9,11,14-16,19,22,24-27,30,33-34,41,50,54H,3,6-8,10,12-13,17-18,20-21,23,28H2,(H,48,49)(H,51,55). The first-order valence-electron chi connectivity index (χ1n) is 42.4. The van der Waals surface area contributed by atoms with E-state index in [2.05, 4.69) is 110 Å². The number of anilines is 2. The summed E-state index contributed by atoms with van der Waals surface area (Å²) < 4.78 is 102. The molecule has 26 nitrogen and oxygen atoms in total. The molecule has 6 aromatic carbocycles. The van der Waals surface area contributed by atoms with Gasteiger partial charge in [0.2, 0.25) is 0 Å². The highest BCUT2D eigenvalue weighted by atomic mass is 32.2. The number of hydrogen-bond acceptors (Lipinski definition) is 20. The lowest BCUT2D eigenvalue weighted by Crippen LogP contribution is -2.38. The Morgan fingerprint density at radius 2 is 0.910 bits per heavy atom. The normalized spacial score (nSPS) is 23.4. The van der Waals surface area contributed by atoms with Crippen LogP contribution in [0.1, 0.15) is 219 Å². The molecule has 6 fully saturated rings. The van der Waals surface area contributed by atoms with Gasteiger partial charge in [-0.1, -0.05) is 72.8 Å². The number of aliphatic hydroxyl groups excluding tert-OH is 2. The molecule has 4 atom stereocenters. The Hall–Kier alpha value is -11.3. The molecule has 6 aliphatic carbocycles. The van der Waals surface area contributed by atoms with Gasteiger partial charge >= 0.3 is 0 Å². The smallest absolute Gasteiger partial charge is 0.293 e. The Labute approximate surface area is 705 Å². The molecular weight excluding hydrogens is 1600 g/mol. The lowest BCUT2D eigenvalue weighted by molar-refractivity contribution is -0.384. The van der Waals surface area contributed by atoms with Crippen molar-refractivity contribution in [3.05, 3.63) is 247 Å². The molecule has 6 heterocycles. The minimum Gasteiger partial charge on any atom is -0.455 e. The minimum atomic E-state index is -4.64. The summed E-state index contributed by atoms with van der Waals surface area (Å²) >= 11 is 0. The van der Waals surface area contributed by atoms with E-state index in [0.717, 1.165) is 122 Å². The number of amides is 2. The van der Waals surface area contributed by atoms with E-state index in [4.69, 9.17) is 9.47 Å². The maximum Gasteiger partial charge on any atom is 0.293 e. The van der Waals surface area contributed by atoms with Crippen molar-refractivity contribution < 1.29 is 64.7 Å². The largest absolute Gasteiger partial charge is 0.455 e. The molecule has 636 valence electrons. The maximum absolute atomic E-state index is 15.4. The molecule has 122 heavy (non-hydrogen) atoms. The zero-order valence-corrected chi connectivity index (χ0v) is 69.0. The second-order valence-electron chi connectivity index (χ2n) is 33.9. The highest BCUT2D eigenvalue weighted by Gasteiger charge is 2.42. The summed E-state index contributed by atoms with van der Waals surface area (Å²) in [6.45, 7) is 1.64. The number of nitrogens with one attached hydrogen (secondary N) is 6. The number of nitrogens with zero attached hydrogens (tertiary/aromatic N) is 6. The van der Waals surface area contributed by atoms with E-state index < -0.39 is 86.4 Å². The second kappa shape index (κ2) is 34.9. The third kappa shape index (κ3) is 18.6. The number of nitro benzene ring substituents is 2. The summed E-state index contributed by atoms with van der Waals surface area (Å²) in [6, 6.07) is 43.2. The van der Waals surface area contributed by atoms with Crippen molar-refractivity contribution in [2.75, 3.05) is 36.8 Å². The lowest BCUT2D eigenvalue weighted by atomic mass is 9.85. The average Bonchev–Trinajstić information content (AvgIpc) is 1.40. The van der Waals surface area contributed by atoms with Gasteiger partial charge in [0.15, 0.2) is 0 Å². The van der Waals surface area contributed by atoms with E-state index >= 15 is 8.78 Å². The Balaban J connectivity index is 0.000000173. The highest BCUT2D eigenvalue weighted by molar-refractivity contribution is 7.90. The number of H-pyrrole nitrogens is 2. The van der Waals surface area contributed by atoms with Gasteiger partial charge in [-0.05, 0) is 284 Å². The fourth-order valence-electron chi connectivity index (χ4n) is 18.8. The summed E-state index contributed by atoms with van der Waals surface area (Å²) in [6.07, 6.45) is 26.4. The fraction of sp³-hybridized carbons (Fsp3) is 0.391. The van der Waals surface area contributed by atoms with Crippen LogP contribution in [0.5, 0.6) is 23.0 Å². The molecule has 2 aliphatic heterocycles. The van der Waals surface area contributed by atoms with Crippen LogP contribution in [-0.4, -0.2) is 140 Å². The number of pyridine rings is 2. The molecule has 0 radical (unpaired) electrons. The van der Waals surface area contributed by atoms with E-state index in [1.807, 2.05) is 12.1 Å². The van der Waals surface area contributed by atoms with Crippen molar-refractivity contribution in [3.63, 3.8) is 0 Å². The first-order valence-corrected chi connectivity index (χ1v) is 45.3. The van der Waals surface area contributed by atoms with Crippen molar-refractivity contribution in [1.82, 2.24) is 39.2 Å². The van der Waals surface area contributed by atoms with Crippen LogP contribution in [0.15, 0.2) is 192 Å². The molecule has 8 N–H and O–H groups in total. The van der Waals surface area contributed by atoms with Crippen molar-refractivity contribution >= 4 is 87.8 Å². The Bertz CT molecular complexity index is 5600. The topological polar surface area (TPSA) is 360 Å². The quantitative estimate of drug-likeness (QED) is 0.0184. The van der Waals surface area contributed by atoms with Gasteiger partial charge in [-0.15, -0.1) is 0 Å². The van der Waals surface area contributed by atoms with Gasteiger partial charge in [0, 0.05) is 72.6 Å². The number of alkyl halides is 2. The van der Waals surface area contributed by atoms with Gasteiger partial charge in [-0.25, -0.2) is 45.0 Å². The second-order valence-corrected chi connectivity index (χ2v) is 37.3. The van der Waals surface area contributed by atoms with E-state index in [1.54, 1.807) is 48.8 Å². The van der Waals surface area contributed by atoms with Crippen LogP contribution in [0.25, 0.3) is 33.2 Å². The first kappa shape index (κ1) is 83.0. The van der Waals surface area contributed by atoms with E-state index in [1.165, 1.54) is 97.4 Å². The van der Waals surface area contributed by atoms with E-state index in [0.29, 0.717) is 58.8 Å². The molecule has 18 rings (SSSR count). The third-order valence-electron chi connectivity index (χ3n) is 25.7. The molecular formula is C92H98F2N12O14S2. The Morgan fingerprint density at radius 3 is 1.29 bits per heavy atom. The number of aliphatic hydroxyl groups is 2. The summed E-state index contributed by atoms with van der Waals surface area (Å²) in [4.78, 5) is 69.7. The van der Waals surface area contributed by atoms with Crippen LogP contribution in [0, 0.1) is 20.2 Å². The molecule has 0 spiro atoms. The van der Waals surface area contributed by atoms with Crippen LogP contribution < -0.4 is 29.6 Å². The molecule has 2 amide bonds. The molecule has 10 aromatic rings. The summed E-state index contributed by atoms with van der Waals surface area (Å²) in [7, 11) is -9.28. The predicted octanol–water partition coefficient (Wildman–Crippen LogP) is 18.2. The molecule has 30 heteroatoms. The predicted molar refractivity (Wildman–Crippen MR) is 460 cm³/mol. The van der Waals surface area contributed by atoms with Gasteiger partial charge in [-0.2, -0.15) is 0 Å². The number of aromatic amines is 2. The van der Waals surface area contributed by atoms with E-state index in [-0.39, 0.29) is 98.5 Å². The first-order chi connectivity index (χ1) is 58.9. The van der Waals surface area contributed by atoms with Crippen LogP contribution in [0.4, 0.5) is 31.5 Å². The van der Waals surface area contributed by atoms with Crippen LogP contribution in [-0.2, 0) is 20.0 Å². The van der Waals surface area contributed by atoms with Crippen molar-refractivity contribution in [2.24, 2.45) is 0 Å². The van der Waals surface area contributed by atoms with Crippen molar-refractivity contribution in [2.45, 2.75) is 211 Å². The van der Waals surface area contributed by atoms with Gasteiger partial charge in [0.1, 0.15) is 57.0 Å². The van der Waals surface area contributed by atoms with Gasteiger partial charge in [-0.3, -0.25) is 39.6 Å². The Kier molecular flexibility index (Phi) is 23.8. The number of aromatic nitrogens is 4. The minimum absolute atomic E-state index is 0.0661. The van der Waals surface area contributed by atoms with Gasteiger partial charge < -0.3 is 40.3 Å².